The van der Waals surface area contributed by atoms with E-state index in [-0.39, 0.29) is 11.8 Å². The lowest BCUT2D eigenvalue weighted by atomic mass is 10.1. The molecule has 2 heterocycles. The molecule has 0 spiro atoms. The van der Waals surface area contributed by atoms with Gasteiger partial charge in [-0.2, -0.15) is 0 Å². The molecule has 0 radical (unpaired) electrons. The highest BCUT2D eigenvalue weighted by Gasteiger charge is 2.27. The Morgan fingerprint density at radius 3 is 3.00 bits per heavy atom. The van der Waals surface area contributed by atoms with Crippen molar-refractivity contribution in [1.29, 1.82) is 0 Å². The van der Waals surface area contributed by atoms with Crippen molar-refractivity contribution < 1.29 is 9.59 Å². The maximum atomic E-state index is 12.5. The van der Waals surface area contributed by atoms with Crippen LogP contribution in [0, 0.1) is 0 Å². The summed E-state index contributed by atoms with van der Waals surface area (Å²) in [5, 5.41) is 6.15. The van der Waals surface area contributed by atoms with E-state index in [1.165, 1.54) is 23.9 Å². The number of anilines is 2. The van der Waals surface area contributed by atoms with Crippen LogP contribution in [0.3, 0.4) is 0 Å². The van der Waals surface area contributed by atoms with Gasteiger partial charge < -0.3 is 10.2 Å². The number of amides is 2. The third-order valence-corrected chi connectivity index (χ3v) is 5.84. The lowest BCUT2D eigenvalue weighted by Gasteiger charge is -2.22. The van der Waals surface area contributed by atoms with Crippen LogP contribution in [0.4, 0.5) is 11.4 Å². The molecule has 1 aromatic heterocycles. The van der Waals surface area contributed by atoms with E-state index in [1.54, 1.807) is 16.2 Å². The number of carbonyl (C=O) groups is 2. The van der Waals surface area contributed by atoms with E-state index in [2.05, 4.69) is 11.9 Å². The molecule has 1 fully saturated rings. The van der Waals surface area contributed by atoms with Gasteiger partial charge in [0.25, 0.3) is 5.91 Å². The molecule has 0 bridgehead atoms. The van der Waals surface area contributed by atoms with Crippen molar-refractivity contribution in [2.45, 2.75) is 44.6 Å². The third-order valence-electron chi connectivity index (χ3n) is 4.78. The van der Waals surface area contributed by atoms with Gasteiger partial charge in [0.05, 0.1) is 17.2 Å². The second-order valence-corrected chi connectivity index (χ2v) is 7.71. The molecule has 1 aliphatic carbocycles. The van der Waals surface area contributed by atoms with Crippen LogP contribution in [0.15, 0.2) is 36.2 Å². The first-order valence-electron chi connectivity index (χ1n) is 8.95. The van der Waals surface area contributed by atoms with Crippen molar-refractivity contribution in [3.05, 3.63) is 52.5 Å². The number of rotatable bonds is 5. The molecule has 2 aromatic rings. The van der Waals surface area contributed by atoms with Gasteiger partial charge in [-0.05, 0) is 55.5 Å². The zero-order valence-electron chi connectivity index (χ0n) is 14.5. The third kappa shape index (κ3) is 3.55. The minimum atomic E-state index is -0.149. The molecule has 1 aromatic carbocycles. The minimum Gasteiger partial charge on any atom is -0.326 e. The zero-order chi connectivity index (χ0) is 18.1. The number of aryl methyl sites for hydroxylation is 1. The molecule has 2 aliphatic rings. The van der Waals surface area contributed by atoms with Crippen LogP contribution in [0.2, 0.25) is 0 Å². The van der Waals surface area contributed by atoms with Crippen molar-refractivity contribution in [3.8, 4) is 0 Å². The van der Waals surface area contributed by atoms with Crippen LogP contribution in [0.1, 0.15) is 47.9 Å². The summed E-state index contributed by atoms with van der Waals surface area (Å²) in [7, 11) is 0. The van der Waals surface area contributed by atoms with Crippen molar-refractivity contribution in [2.24, 2.45) is 0 Å². The first-order valence-corrected chi connectivity index (χ1v) is 9.83. The summed E-state index contributed by atoms with van der Waals surface area (Å²) in [6.45, 7) is 4.07. The van der Waals surface area contributed by atoms with E-state index in [0.717, 1.165) is 35.5 Å². The van der Waals surface area contributed by atoms with Crippen molar-refractivity contribution in [1.82, 2.24) is 4.98 Å². The Labute approximate surface area is 156 Å². The van der Waals surface area contributed by atoms with Crippen LogP contribution in [0.25, 0.3) is 0 Å². The molecule has 26 heavy (non-hydrogen) atoms. The monoisotopic (exact) mass is 367 g/mol. The molecule has 0 atom stereocenters. The van der Waals surface area contributed by atoms with Crippen molar-refractivity contribution in [3.63, 3.8) is 0 Å². The lowest BCUT2D eigenvalue weighted by molar-refractivity contribution is -0.116. The molecule has 1 saturated carbocycles. The predicted molar refractivity (Wildman–Crippen MR) is 103 cm³/mol. The normalized spacial score (nSPS) is 16.4. The van der Waals surface area contributed by atoms with Crippen molar-refractivity contribution in [2.75, 3.05) is 10.2 Å². The molecular formula is C20H21N3O2S. The number of hydrogen-bond donors (Lipinski definition) is 1. The molecule has 2 amide bonds. The smallest absolute Gasteiger partial charge is 0.250 e. The lowest BCUT2D eigenvalue weighted by Crippen LogP contribution is -2.28. The largest absolute Gasteiger partial charge is 0.326 e. The molecule has 0 saturated heterocycles. The fourth-order valence-electron chi connectivity index (χ4n) is 3.21. The average Bonchev–Trinajstić information content (AvgIpc) is 3.42. The van der Waals surface area contributed by atoms with E-state index in [9.17, 15) is 9.59 Å². The minimum absolute atomic E-state index is 0.0469. The second-order valence-electron chi connectivity index (χ2n) is 6.82. The molecular weight excluding hydrogens is 346 g/mol. The number of nitrogens with one attached hydrogen (secondary N) is 1. The van der Waals surface area contributed by atoms with E-state index >= 15 is 0 Å². The molecule has 5 nitrogen and oxygen atoms in total. The summed E-state index contributed by atoms with van der Waals surface area (Å²) in [5.41, 5.74) is 3.63. The van der Waals surface area contributed by atoms with Gasteiger partial charge in [0, 0.05) is 29.1 Å². The SMILES string of the molecule is C=CC(=O)N(Cc1csc(C2CC2)n1)c1ccc2c(c1)CCCC(=O)N2. The predicted octanol–water partition coefficient (Wildman–Crippen LogP) is 4.01. The topological polar surface area (TPSA) is 62.3 Å². The maximum absolute atomic E-state index is 12.5. The van der Waals surface area contributed by atoms with Gasteiger partial charge in [-0.3, -0.25) is 9.59 Å². The number of fused-ring (bicyclic) bond motifs is 1. The van der Waals surface area contributed by atoms with Gasteiger partial charge >= 0.3 is 0 Å². The van der Waals surface area contributed by atoms with Gasteiger partial charge in [-0.1, -0.05) is 6.58 Å². The van der Waals surface area contributed by atoms with Crippen LogP contribution in [-0.2, 0) is 22.6 Å². The van der Waals surface area contributed by atoms with Crippen LogP contribution in [-0.4, -0.2) is 16.8 Å². The number of benzene rings is 1. The molecule has 134 valence electrons. The number of thiazole rings is 1. The van der Waals surface area contributed by atoms with Crippen LogP contribution in [0.5, 0.6) is 0 Å². The number of nitrogens with zero attached hydrogens (tertiary/aromatic N) is 2. The Hall–Kier alpha value is -2.47. The van der Waals surface area contributed by atoms with Gasteiger partial charge in [0.1, 0.15) is 0 Å². The first kappa shape index (κ1) is 17.0. The molecule has 1 N–H and O–H groups in total. The number of carbonyl (C=O) groups excluding carboxylic acids is 2. The van der Waals surface area contributed by atoms with Crippen molar-refractivity contribution >= 4 is 34.5 Å². The van der Waals surface area contributed by atoms with E-state index in [1.807, 2.05) is 23.6 Å². The van der Waals surface area contributed by atoms with Gasteiger partial charge in [0.2, 0.25) is 5.91 Å². The van der Waals surface area contributed by atoms with E-state index in [4.69, 9.17) is 4.98 Å². The summed E-state index contributed by atoms with van der Waals surface area (Å²) >= 11 is 1.68. The molecule has 4 rings (SSSR count). The summed E-state index contributed by atoms with van der Waals surface area (Å²) in [5.74, 6) is 0.516. The Balaban J connectivity index is 1.61. The highest BCUT2D eigenvalue weighted by Crippen LogP contribution is 2.41. The fourth-order valence-corrected chi connectivity index (χ4v) is 4.19. The van der Waals surface area contributed by atoms with Gasteiger partial charge in [-0.25, -0.2) is 4.98 Å². The van der Waals surface area contributed by atoms with E-state index in [0.29, 0.717) is 18.9 Å². The summed E-state index contributed by atoms with van der Waals surface area (Å²) in [4.78, 5) is 30.6. The number of hydrogen-bond acceptors (Lipinski definition) is 4. The van der Waals surface area contributed by atoms with Gasteiger partial charge in [0.15, 0.2) is 0 Å². The molecule has 1 aliphatic heterocycles. The molecule has 0 unspecified atom stereocenters. The maximum Gasteiger partial charge on any atom is 0.250 e. The van der Waals surface area contributed by atoms with Gasteiger partial charge in [-0.15, -0.1) is 11.3 Å². The Morgan fingerprint density at radius 2 is 2.23 bits per heavy atom. The second kappa shape index (κ2) is 7.03. The molecule has 6 heteroatoms. The van der Waals surface area contributed by atoms with Crippen LogP contribution >= 0.6 is 11.3 Å². The van der Waals surface area contributed by atoms with E-state index < -0.39 is 0 Å². The summed E-state index contributed by atoms with van der Waals surface area (Å²) < 4.78 is 0. The van der Waals surface area contributed by atoms with Crippen LogP contribution < -0.4 is 10.2 Å². The quantitative estimate of drug-likeness (QED) is 0.812. The zero-order valence-corrected chi connectivity index (χ0v) is 15.3. The summed E-state index contributed by atoms with van der Waals surface area (Å²) in [6.07, 6.45) is 5.94. The Morgan fingerprint density at radius 1 is 1.38 bits per heavy atom. The summed E-state index contributed by atoms with van der Waals surface area (Å²) in [6, 6.07) is 5.75. The Bertz CT molecular complexity index is 870. The standard InChI is InChI=1S/C20H21N3O2S/c1-2-19(25)23(11-15-12-26-20(21-15)13-6-7-13)16-8-9-17-14(10-16)4-3-5-18(24)22-17/h2,8-10,12-13H,1,3-7,11H2,(H,22,24). The fraction of sp³-hybridized carbons (Fsp3) is 0.350. The highest BCUT2D eigenvalue weighted by molar-refractivity contribution is 7.09. The first-order chi connectivity index (χ1) is 12.6. The average molecular weight is 367 g/mol. The Kier molecular flexibility index (Phi) is 4.59. The highest BCUT2D eigenvalue weighted by atomic mass is 32.1. The number of aromatic nitrogens is 1.